The van der Waals surface area contributed by atoms with E-state index in [1.165, 1.54) is 43.9 Å². The van der Waals surface area contributed by atoms with Crippen molar-refractivity contribution in [3.8, 4) is 0 Å². The maximum atomic E-state index is 3.63. The highest BCUT2D eigenvalue weighted by Gasteiger charge is 2.36. The summed E-state index contributed by atoms with van der Waals surface area (Å²) in [5.74, 6) is 4.42. The van der Waals surface area contributed by atoms with Crippen molar-refractivity contribution in [1.29, 1.82) is 0 Å². The summed E-state index contributed by atoms with van der Waals surface area (Å²) in [6.07, 6.45) is 4.26. The Balaban J connectivity index is 1.70. The smallest absolute Gasteiger partial charge is 0.0194 e. The molecule has 0 bridgehead atoms. The van der Waals surface area contributed by atoms with Crippen molar-refractivity contribution in [3.63, 3.8) is 0 Å². The third-order valence-corrected chi connectivity index (χ3v) is 5.49. The molecule has 2 fully saturated rings. The van der Waals surface area contributed by atoms with Crippen molar-refractivity contribution in [2.24, 2.45) is 11.8 Å². The molecule has 0 amide bonds. The van der Waals surface area contributed by atoms with Crippen molar-refractivity contribution >= 4 is 11.8 Å². The number of hydrogen-bond acceptors (Lipinski definition) is 3. The Bertz CT molecular complexity index is 226. The van der Waals surface area contributed by atoms with E-state index >= 15 is 0 Å². The van der Waals surface area contributed by atoms with Gasteiger partial charge < -0.3 is 5.32 Å². The van der Waals surface area contributed by atoms with Gasteiger partial charge in [-0.15, -0.1) is 0 Å². The fourth-order valence-electron chi connectivity index (χ4n) is 3.00. The lowest BCUT2D eigenvalue weighted by Gasteiger charge is -2.45. The van der Waals surface area contributed by atoms with E-state index < -0.39 is 0 Å². The van der Waals surface area contributed by atoms with Crippen molar-refractivity contribution in [2.75, 3.05) is 31.6 Å². The van der Waals surface area contributed by atoms with Crippen LogP contribution in [-0.2, 0) is 0 Å². The predicted molar refractivity (Wildman–Crippen MR) is 77.7 cm³/mol. The molecule has 0 aromatic heterocycles. The minimum absolute atomic E-state index is 0.775. The molecule has 2 rings (SSSR count). The Kier molecular flexibility index (Phi) is 5.19. The molecule has 0 aromatic rings. The van der Waals surface area contributed by atoms with Gasteiger partial charge in [-0.2, -0.15) is 11.8 Å². The molecule has 2 aliphatic rings. The van der Waals surface area contributed by atoms with E-state index in [0.29, 0.717) is 0 Å². The summed E-state index contributed by atoms with van der Waals surface area (Å²) >= 11 is 2.13. The summed E-state index contributed by atoms with van der Waals surface area (Å²) in [5.41, 5.74) is 0. The molecule has 0 aromatic carbocycles. The van der Waals surface area contributed by atoms with Gasteiger partial charge in [0, 0.05) is 17.8 Å². The van der Waals surface area contributed by atoms with Gasteiger partial charge in [-0.3, -0.25) is 4.90 Å². The van der Waals surface area contributed by atoms with Gasteiger partial charge in [-0.05, 0) is 57.0 Å². The summed E-state index contributed by atoms with van der Waals surface area (Å²) in [6, 6.07) is 1.72. The van der Waals surface area contributed by atoms with Crippen LogP contribution < -0.4 is 5.32 Å². The molecule has 3 heteroatoms. The highest BCUT2D eigenvalue weighted by atomic mass is 32.2. The van der Waals surface area contributed by atoms with E-state index in [0.717, 1.165) is 23.9 Å². The van der Waals surface area contributed by atoms with Gasteiger partial charge >= 0.3 is 0 Å². The summed E-state index contributed by atoms with van der Waals surface area (Å²) in [6.45, 7) is 6.97. The topological polar surface area (TPSA) is 15.3 Å². The van der Waals surface area contributed by atoms with Crippen LogP contribution in [0.5, 0.6) is 0 Å². The first-order chi connectivity index (χ1) is 8.18. The van der Waals surface area contributed by atoms with E-state index in [-0.39, 0.29) is 0 Å². The minimum Gasteiger partial charge on any atom is -0.316 e. The molecule has 1 aliphatic heterocycles. The molecular weight excluding hydrogens is 228 g/mol. The average Bonchev–Trinajstić information content (AvgIpc) is 2.75. The van der Waals surface area contributed by atoms with Crippen LogP contribution in [-0.4, -0.2) is 48.6 Å². The molecule has 1 saturated heterocycles. The third-order valence-electron chi connectivity index (χ3n) is 4.34. The van der Waals surface area contributed by atoms with Crippen LogP contribution in [0.3, 0.4) is 0 Å². The lowest BCUT2D eigenvalue weighted by atomic mass is 9.78. The second kappa shape index (κ2) is 6.44. The van der Waals surface area contributed by atoms with Crippen LogP contribution in [0, 0.1) is 11.8 Å². The number of thioether (sulfide) groups is 1. The second-order valence-corrected chi connectivity index (χ2v) is 7.29. The van der Waals surface area contributed by atoms with Crippen molar-refractivity contribution in [3.05, 3.63) is 0 Å². The average molecular weight is 256 g/mol. The van der Waals surface area contributed by atoms with Gasteiger partial charge in [-0.1, -0.05) is 13.8 Å². The predicted octanol–water partition coefficient (Wildman–Crippen LogP) is 2.45. The fourth-order valence-corrected chi connectivity index (χ4v) is 4.28. The Morgan fingerprint density at radius 1 is 1.29 bits per heavy atom. The minimum atomic E-state index is 0.775. The molecule has 2 nitrogen and oxygen atoms in total. The molecule has 1 saturated carbocycles. The van der Waals surface area contributed by atoms with Gasteiger partial charge in [0.25, 0.3) is 0 Å². The van der Waals surface area contributed by atoms with Crippen LogP contribution >= 0.6 is 11.8 Å². The largest absolute Gasteiger partial charge is 0.316 e. The van der Waals surface area contributed by atoms with Gasteiger partial charge in [0.1, 0.15) is 0 Å². The Morgan fingerprint density at radius 2 is 2.12 bits per heavy atom. The SMILES string of the molecule is CC(C)CNCC1CCC1N(C)C1CCSC1. The highest BCUT2D eigenvalue weighted by molar-refractivity contribution is 7.99. The van der Waals surface area contributed by atoms with E-state index in [1.807, 2.05) is 0 Å². The fraction of sp³-hybridized carbons (Fsp3) is 1.00. The van der Waals surface area contributed by atoms with E-state index in [2.05, 4.69) is 42.9 Å². The van der Waals surface area contributed by atoms with Crippen molar-refractivity contribution in [2.45, 2.75) is 45.2 Å². The van der Waals surface area contributed by atoms with Crippen LogP contribution in [0.1, 0.15) is 33.1 Å². The number of nitrogens with one attached hydrogen (secondary N) is 1. The summed E-state index contributed by atoms with van der Waals surface area (Å²) in [5, 5.41) is 3.63. The monoisotopic (exact) mass is 256 g/mol. The molecule has 0 radical (unpaired) electrons. The molecule has 0 spiro atoms. The number of hydrogen-bond donors (Lipinski definition) is 1. The third kappa shape index (κ3) is 3.62. The molecule has 100 valence electrons. The zero-order valence-corrected chi connectivity index (χ0v) is 12.4. The zero-order chi connectivity index (χ0) is 12.3. The molecular formula is C14H28N2S. The van der Waals surface area contributed by atoms with E-state index in [1.54, 1.807) is 0 Å². The Morgan fingerprint density at radius 3 is 2.65 bits per heavy atom. The lowest BCUT2D eigenvalue weighted by molar-refractivity contribution is 0.0572. The van der Waals surface area contributed by atoms with Crippen molar-refractivity contribution < 1.29 is 0 Å². The quantitative estimate of drug-likeness (QED) is 0.786. The first-order valence-corrected chi connectivity index (χ1v) is 8.34. The molecule has 3 unspecified atom stereocenters. The van der Waals surface area contributed by atoms with Gasteiger partial charge in [-0.25, -0.2) is 0 Å². The van der Waals surface area contributed by atoms with E-state index in [4.69, 9.17) is 0 Å². The van der Waals surface area contributed by atoms with Gasteiger partial charge in [0.15, 0.2) is 0 Å². The molecule has 1 N–H and O–H groups in total. The van der Waals surface area contributed by atoms with Gasteiger partial charge in [0.05, 0.1) is 0 Å². The van der Waals surface area contributed by atoms with Gasteiger partial charge in [0.2, 0.25) is 0 Å². The van der Waals surface area contributed by atoms with Crippen molar-refractivity contribution in [1.82, 2.24) is 10.2 Å². The molecule has 17 heavy (non-hydrogen) atoms. The lowest BCUT2D eigenvalue weighted by Crippen LogP contribution is -2.52. The van der Waals surface area contributed by atoms with E-state index in [9.17, 15) is 0 Å². The molecule has 1 heterocycles. The van der Waals surface area contributed by atoms with Crippen LogP contribution in [0.15, 0.2) is 0 Å². The molecule has 1 aliphatic carbocycles. The number of nitrogens with zero attached hydrogens (tertiary/aromatic N) is 1. The normalized spacial score (nSPS) is 33.4. The standard InChI is InChI=1S/C14H28N2S/c1-11(2)8-15-9-12-4-5-14(12)16(3)13-6-7-17-10-13/h11-15H,4-10H2,1-3H3. The Hall–Kier alpha value is 0.270. The summed E-state index contributed by atoms with van der Waals surface area (Å²) < 4.78 is 0. The second-order valence-electron chi connectivity index (χ2n) is 6.14. The summed E-state index contributed by atoms with van der Waals surface area (Å²) in [7, 11) is 2.36. The maximum absolute atomic E-state index is 3.63. The Labute approximate surface area is 111 Å². The zero-order valence-electron chi connectivity index (χ0n) is 11.6. The summed E-state index contributed by atoms with van der Waals surface area (Å²) in [4.78, 5) is 2.69. The molecule has 3 atom stereocenters. The first kappa shape index (κ1) is 13.7. The maximum Gasteiger partial charge on any atom is 0.0194 e. The van der Waals surface area contributed by atoms with Crippen LogP contribution in [0.2, 0.25) is 0 Å². The van der Waals surface area contributed by atoms with Crippen LogP contribution in [0.25, 0.3) is 0 Å². The highest BCUT2D eigenvalue weighted by Crippen LogP contribution is 2.34. The van der Waals surface area contributed by atoms with Crippen LogP contribution in [0.4, 0.5) is 0 Å². The number of rotatable bonds is 6. The first-order valence-electron chi connectivity index (χ1n) is 7.19.